The van der Waals surface area contributed by atoms with Crippen molar-refractivity contribution in [2.75, 3.05) is 13.2 Å². The molecule has 0 amide bonds. The fourth-order valence-corrected chi connectivity index (χ4v) is 5.77. The van der Waals surface area contributed by atoms with Gasteiger partial charge in [-0.25, -0.2) is 9.98 Å². The van der Waals surface area contributed by atoms with Gasteiger partial charge in [0.15, 0.2) is 11.8 Å². The van der Waals surface area contributed by atoms with Crippen LogP contribution in [0.2, 0.25) is 0 Å². The zero-order valence-corrected chi connectivity index (χ0v) is 17.4. The van der Waals surface area contributed by atoms with E-state index < -0.39 is 0 Å². The molecular weight excluding hydrogens is 336 g/mol. The molecule has 4 aliphatic rings. The van der Waals surface area contributed by atoms with Crippen molar-refractivity contribution >= 4 is 11.8 Å². The van der Waals surface area contributed by atoms with Gasteiger partial charge in [-0.3, -0.25) is 0 Å². The molecule has 0 N–H and O–H groups in total. The molecule has 0 saturated heterocycles. The molecule has 2 aliphatic heterocycles. The molecular formula is C23H38N2O2. The van der Waals surface area contributed by atoms with Crippen LogP contribution >= 0.6 is 0 Å². The van der Waals surface area contributed by atoms with Gasteiger partial charge in [0.2, 0.25) is 0 Å². The van der Waals surface area contributed by atoms with Crippen LogP contribution in [0, 0.1) is 17.3 Å². The van der Waals surface area contributed by atoms with E-state index >= 15 is 0 Å². The molecule has 2 saturated carbocycles. The number of nitrogens with zero attached hydrogens (tertiary/aromatic N) is 2. The van der Waals surface area contributed by atoms with Crippen LogP contribution in [0.1, 0.15) is 90.9 Å². The Bertz CT molecular complexity index is 509. The van der Waals surface area contributed by atoms with Crippen molar-refractivity contribution < 1.29 is 9.47 Å². The molecule has 0 aromatic carbocycles. The van der Waals surface area contributed by atoms with E-state index in [1.807, 2.05) is 0 Å². The third kappa shape index (κ3) is 3.78. The van der Waals surface area contributed by atoms with Crippen LogP contribution in [0.5, 0.6) is 0 Å². The first-order valence-electron chi connectivity index (χ1n) is 11.7. The van der Waals surface area contributed by atoms with Crippen LogP contribution in [0.25, 0.3) is 0 Å². The summed E-state index contributed by atoms with van der Waals surface area (Å²) >= 11 is 0. The van der Waals surface area contributed by atoms with Gasteiger partial charge in [0.25, 0.3) is 0 Å². The second-order valence-electron chi connectivity index (χ2n) is 9.21. The smallest absolute Gasteiger partial charge is 0.199 e. The fraction of sp³-hybridized carbons (Fsp3) is 0.913. The predicted molar refractivity (Wildman–Crippen MR) is 111 cm³/mol. The average molecular weight is 375 g/mol. The molecule has 0 spiro atoms. The maximum absolute atomic E-state index is 6.25. The van der Waals surface area contributed by atoms with E-state index in [0.29, 0.717) is 23.9 Å². The molecule has 0 aromatic rings. The van der Waals surface area contributed by atoms with E-state index in [9.17, 15) is 0 Å². The first-order valence-corrected chi connectivity index (χ1v) is 11.7. The molecule has 2 heterocycles. The van der Waals surface area contributed by atoms with Crippen LogP contribution in [0.15, 0.2) is 9.98 Å². The molecule has 2 atom stereocenters. The van der Waals surface area contributed by atoms with Gasteiger partial charge in [-0.2, -0.15) is 0 Å². The highest BCUT2D eigenvalue weighted by Crippen LogP contribution is 2.40. The average Bonchev–Trinajstić information content (AvgIpc) is 3.42. The summed E-state index contributed by atoms with van der Waals surface area (Å²) in [5.74, 6) is 3.27. The van der Waals surface area contributed by atoms with E-state index in [1.54, 1.807) is 0 Å². The Morgan fingerprint density at radius 1 is 0.704 bits per heavy atom. The SMILES string of the molecule is CCC(CC)(C1=N[C@@H](C2CCCCC2)CO1)C1=N[C@@H](C2CCCCC2)CO1. The summed E-state index contributed by atoms with van der Waals surface area (Å²) in [6, 6.07) is 0.711. The zero-order chi connectivity index (χ0) is 18.7. The molecule has 0 unspecified atom stereocenters. The van der Waals surface area contributed by atoms with E-state index in [4.69, 9.17) is 19.5 Å². The predicted octanol–water partition coefficient (Wildman–Crippen LogP) is 5.55. The Morgan fingerprint density at radius 3 is 1.48 bits per heavy atom. The number of ether oxygens (including phenoxy) is 2. The standard InChI is InChI=1S/C23H38N2O2/c1-3-23(4-2,21-24-19(15-26-21)17-11-7-5-8-12-17)22-25-20(16-27-22)18-13-9-6-10-14-18/h17-20H,3-16H2,1-2H3/t19-,20-/m1/s1. The maximum Gasteiger partial charge on any atom is 0.199 e. The minimum atomic E-state index is -0.243. The highest BCUT2D eigenvalue weighted by molar-refractivity contribution is 6.06. The van der Waals surface area contributed by atoms with Crippen molar-refractivity contribution in [3.05, 3.63) is 0 Å². The van der Waals surface area contributed by atoms with Crippen molar-refractivity contribution in [3.63, 3.8) is 0 Å². The van der Waals surface area contributed by atoms with Gasteiger partial charge in [0.05, 0.1) is 12.1 Å². The van der Waals surface area contributed by atoms with Crippen LogP contribution in [-0.2, 0) is 9.47 Å². The van der Waals surface area contributed by atoms with Crippen molar-refractivity contribution in [2.45, 2.75) is 103 Å². The number of hydrogen-bond donors (Lipinski definition) is 0. The van der Waals surface area contributed by atoms with Gasteiger partial charge < -0.3 is 9.47 Å². The maximum atomic E-state index is 6.25. The summed E-state index contributed by atoms with van der Waals surface area (Å²) in [5.41, 5.74) is -0.243. The van der Waals surface area contributed by atoms with Crippen LogP contribution in [-0.4, -0.2) is 37.1 Å². The van der Waals surface area contributed by atoms with Gasteiger partial charge in [0, 0.05) is 0 Å². The highest BCUT2D eigenvalue weighted by Gasteiger charge is 2.47. The molecule has 4 rings (SSSR count). The monoisotopic (exact) mass is 374 g/mol. The van der Waals surface area contributed by atoms with E-state index in [0.717, 1.165) is 37.9 Å². The Balaban J connectivity index is 1.52. The Morgan fingerprint density at radius 2 is 1.11 bits per heavy atom. The second-order valence-corrected chi connectivity index (χ2v) is 9.21. The lowest BCUT2D eigenvalue weighted by molar-refractivity contribution is 0.210. The lowest BCUT2D eigenvalue weighted by Crippen LogP contribution is -2.39. The van der Waals surface area contributed by atoms with Gasteiger partial charge in [-0.1, -0.05) is 52.4 Å². The Kier molecular flexibility index (Phi) is 6.08. The summed E-state index contributed by atoms with van der Waals surface area (Å²) in [7, 11) is 0. The topological polar surface area (TPSA) is 43.2 Å². The lowest BCUT2D eigenvalue weighted by Gasteiger charge is -2.29. The molecule has 0 aromatic heterocycles. The van der Waals surface area contributed by atoms with E-state index in [2.05, 4.69) is 13.8 Å². The Hall–Kier alpha value is -1.06. The van der Waals surface area contributed by atoms with Crippen molar-refractivity contribution in [1.29, 1.82) is 0 Å². The summed E-state index contributed by atoms with van der Waals surface area (Å²) in [6.45, 7) is 6.01. The van der Waals surface area contributed by atoms with Gasteiger partial charge in [-0.05, 0) is 50.4 Å². The molecule has 4 heteroatoms. The van der Waals surface area contributed by atoms with Crippen molar-refractivity contribution in [1.82, 2.24) is 0 Å². The van der Waals surface area contributed by atoms with Crippen LogP contribution in [0.3, 0.4) is 0 Å². The number of aliphatic imine (C=N–C) groups is 2. The van der Waals surface area contributed by atoms with Gasteiger partial charge in [-0.15, -0.1) is 0 Å². The minimum Gasteiger partial charge on any atom is -0.478 e. The quantitative estimate of drug-likeness (QED) is 0.612. The molecule has 152 valence electrons. The summed E-state index contributed by atoms with van der Waals surface area (Å²) in [4.78, 5) is 10.3. The molecule has 2 aliphatic carbocycles. The van der Waals surface area contributed by atoms with Gasteiger partial charge >= 0.3 is 0 Å². The molecule has 2 fully saturated rings. The highest BCUT2D eigenvalue weighted by atomic mass is 16.5. The van der Waals surface area contributed by atoms with E-state index in [1.165, 1.54) is 64.2 Å². The molecule has 0 bridgehead atoms. The van der Waals surface area contributed by atoms with E-state index in [-0.39, 0.29) is 5.41 Å². The largest absolute Gasteiger partial charge is 0.478 e. The third-order valence-corrected chi connectivity index (χ3v) is 7.76. The number of rotatable bonds is 6. The van der Waals surface area contributed by atoms with Crippen molar-refractivity contribution in [3.8, 4) is 0 Å². The number of hydrogen-bond acceptors (Lipinski definition) is 4. The summed E-state index contributed by atoms with van der Waals surface area (Å²) in [6.07, 6.45) is 15.4. The fourth-order valence-electron chi connectivity index (χ4n) is 5.77. The summed E-state index contributed by atoms with van der Waals surface area (Å²) < 4.78 is 12.5. The Labute approximate surface area is 165 Å². The second kappa shape index (κ2) is 8.53. The lowest BCUT2D eigenvalue weighted by atomic mass is 9.81. The van der Waals surface area contributed by atoms with Crippen LogP contribution < -0.4 is 0 Å². The first-order chi connectivity index (χ1) is 13.3. The normalized spacial score (nSPS) is 30.6. The minimum absolute atomic E-state index is 0.243. The third-order valence-electron chi connectivity index (χ3n) is 7.76. The van der Waals surface area contributed by atoms with Gasteiger partial charge in [0.1, 0.15) is 18.6 Å². The molecule has 4 nitrogen and oxygen atoms in total. The summed E-state index contributed by atoms with van der Waals surface area (Å²) in [5, 5.41) is 0. The van der Waals surface area contributed by atoms with Crippen molar-refractivity contribution in [2.24, 2.45) is 27.2 Å². The first kappa shape index (κ1) is 19.3. The molecule has 27 heavy (non-hydrogen) atoms. The zero-order valence-electron chi connectivity index (χ0n) is 17.4. The van der Waals surface area contributed by atoms with Crippen LogP contribution in [0.4, 0.5) is 0 Å². The molecule has 0 radical (unpaired) electrons.